The van der Waals surface area contributed by atoms with Gasteiger partial charge >= 0.3 is 11.9 Å². The van der Waals surface area contributed by atoms with Crippen LogP contribution in [0.5, 0.6) is 11.5 Å². The van der Waals surface area contributed by atoms with E-state index in [4.69, 9.17) is 9.47 Å². The first-order valence-electron chi connectivity index (χ1n) is 10.3. The third-order valence-electron chi connectivity index (χ3n) is 4.97. The summed E-state index contributed by atoms with van der Waals surface area (Å²) in [4.78, 5) is 25.9. The standard InChI is InChI=1S/C28H22O4S/c1-17(2)27(29)31-21-13-11-19-7-5-9-25(23(19)15-21)33-26-10-6-8-20-12-14-22(16-24(20)26)32-28(30)18(3)4/h5-16H,1,3H2,2,4H3. The molecular weight excluding hydrogens is 432 g/mol. The van der Waals surface area contributed by atoms with Crippen molar-refractivity contribution in [2.75, 3.05) is 0 Å². The van der Waals surface area contributed by atoms with E-state index >= 15 is 0 Å². The zero-order chi connectivity index (χ0) is 23.5. The first kappa shape index (κ1) is 22.4. The van der Waals surface area contributed by atoms with Crippen LogP contribution in [0.2, 0.25) is 0 Å². The summed E-state index contributed by atoms with van der Waals surface area (Å²) in [6, 6.07) is 23.2. The molecule has 0 aromatic heterocycles. The molecule has 0 saturated heterocycles. The second-order valence-corrected chi connectivity index (χ2v) is 8.80. The Hall–Kier alpha value is -3.83. The summed E-state index contributed by atoms with van der Waals surface area (Å²) in [5, 5.41) is 4.01. The first-order chi connectivity index (χ1) is 15.8. The molecule has 0 aliphatic heterocycles. The highest BCUT2D eigenvalue weighted by atomic mass is 32.2. The van der Waals surface area contributed by atoms with Gasteiger partial charge in [-0.25, -0.2) is 9.59 Å². The van der Waals surface area contributed by atoms with Gasteiger partial charge in [-0.3, -0.25) is 0 Å². The molecule has 4 nitrogen and oxygen atoms in total. The van der Waals surface area contributed by atoms with Crippen molar-refractivity contribution in [3.05, 3.63) is 97.1 Å². The van der Waals surface area contributed by atoms with E-state index in [1.54, 1.807) is 37.7 Å². The van der Waals surface area contributed by atoms with Crippen LogP contribution in [0.3, 0.4) is 0 Å². The minimum absolute atomic E-state index is 0.344. The van der Waals surface area contributed by atoms with Crippen LogP contribution in [0.4, 0.5) is 0 Å². The molecule has 0 aliphatic carbocycles. The molecule has 0 amide bonds. The molecule has 0 spiro atoms. The Morgan fingerprint density at radius 2 is 1.09 bits per heavy atom. The highest BCUT2D eigenvalue weighted by Crippen LogP contribution is 2.39. The van der Waals surface area contributed by atoms with Crippen LogP contribution in [0.1, 0.15) is 13.8 Å². The minimum Gasteiger partial charge on any atom is -0.423 e. The predicted octanol–water partition coefficient (Wildman–Crippen LogP) is 7.11. The van der Waals surface area contributed by atoms with Gasteiger partial charge in [0.1, 0.15) is 11.5 Å². The van der Waals surface area contributed by atoms with Crippen molar-refractivity contribution in [2.45, 2.75) is 23.6 Å². The number of hydrogen-bond acceptors (Lipinski definition) is 5. The summed E-state index contributed by atoms with van der Waals surface area (Å²) < 4.78 is 10.9. The number of benzene rings is 4. The number of carbonyl (C=O) groups excluding carboxylic acids is 2. The summed E-state index contributed by atoms with van der Waals surface area (Å²) >= 11 is 1.60. The molecule has 0 atom stereocenters. The summed E-state index contributed by atoms with van der Waals surface area (Å²) in [5.74, 6) is 0.0293. The van der Waals surface area contributed by atoms with E-state index in [0.717, 1.165) is 31.3 Å². The third-order valence-corrected chi connectivity index (χ3v) is 6.12. The molecule has 0 saturated carbocycles. The van der Waals surface area contributed by atoms with Crippen LogP contribution in [-0.4, -0.2) is 11.9 Å². The lowest BCUT2D eigenvalue weighted by atomic mass is 10.1. The maximum atomic E-state index is 12.0. The van der Waals surface area contributed by atoms with Crippen molar-refractivity contribution in [3.63, 3.8) is 0 Å². The predicted molar refractivity (Wildman–Crippen MR) is 133 cm³/mol. The fourth-order valence-corrected chi connectivity index (χ4v) is 4.36. The summed E-state index contributed by atoms with van der Waals surface area (Å²) in [5.41, 5.74) is 0.688. The van der Waals surface area contributed by atoms with Gasteiger partial charge in [0.25, 0.3) is 0 Å². The van der Waals surface area contributed by atoms with Crippen molar-refractivity contribution in [3.8, 4) is 11.5 Å². The van der Waals surface area contributed by atoms with Gasteiger partial charge in [-0.15, -0.1) is 0 Å². The monoisotopic (exact) mass is 454 g/mol. The maximum absolute atomic E-state index is 12.0. The molecule has 4 aromatic rings. The Morgan fingerprint density at radius 1 is 0.667 bits per heavy atom. The van der Waals surface area contributed by atoms with Crippen molar-refractivity contribution >= 4 is 45.2 Å². The highest BCUT2D eigenvalue weighted by molar-refractivity contribution is 7.99. The average molecular weight is 455 g/mol. The van der Waals surface area contributed by atoms with Gasteiger partial charge in [0.05, 0.1) is 0 Å². The summed E-state index contributed by atoms with van der Waals surface area (Å²) in [6.07, 6.45) is 0. The van der Waals surface area contributed by atoms with Crippen molar-refractivity contribution in [2.24, 2.45) is 0 Å². The van der Waals surface area contributed by atoms with Gasteiger partial charge in [-0.05, 0) is 71.8 Å². The van der Waals surface area contributed by atoms with Crippen molar-refractivity contribution in [1.82, 2.24) is 0 Å². The molecule has 4 aromatic carbocycles. The molecule has 33 heavy (non-hydrogen) atoms. The minimum atomic E-state index is -0.453. The van der Waals surface area contributed by atoms with Crippen LogP contribution in [0, 0.1) is 0 Å². The maximum Gasteiger partial charge on any atom is 0.338 e. The quantitative estimate of drug-likeness (QED) is 0.177. The van der Waals surface area contributed by atoms with E-state index in [-0.39, 0.29) is 0 Å². The lowest BCUT2D eigenvalue weighted by Gasteiger charge is -2.12. The van der Waals surface area contributed by atoms with Crippen LogP contribution in [0.25, 0.3) is 21.5 Å². The van der Waals surface area contributed by atoms with Crippen molar-refractivity contribution in [1.29, 1.82) is 0 Å². The molecule has 0 aliphatic rings. The van der Waals surface area contributed by atoms with Gasteiger partial charge in [-0.2, -0.15) is 0 Å². The van der Waals surface area contributed by atoms with E-state index in [1.165, 1.54) is 0 Å². The topological polar surface area (TPSA) is 52.6 Å². The number of esters is 2. The molecule has 0 N–H and O–H groups in total. The lowest BCUT2D eigenvalue weighted by molar-refractivity contribution is -0.130. The van der Waals surface area contributed by atoms with Crippen LogP contribution in [0.15, 0.2) is 107 Å². The number of hydrogen-bond donors (Lipinski definition) is 0. The van der Waals surface area contributed by atoms with E-state index in [2.05, 4.69) is 13.2 Å². The van der Waals surface area contributed by atoms with Crippen LogP contribution < -0.4 is 9.47 Å². The highest BCUT2D eigenvalue weighted by Gasteiger charge is 2.12. The normalized spacial score (nSPS) is 10.7. The Balaban J connectivity index is 1.73. The zero-order valence-electron chi connectivity index (χ0n) is 18.4. The lowest BCUT2D eigenvalue weighted by Crippen LogP contribution is -2.08. The fraction of sp³-hybridized carbons (Fsp3) is 0.0714. The molecule has 5 heteroatoms. The number of rotatable bonds is 6. The van der Waals surface area contributed by atoms with Gasteiger partial charge in [-0.1, -0.05) is 61.3 Å². The Bertz CT molecular complexity index is 1330. The molecule has 0 fully saturated rings. The number of ether oxygens (including phenoxy) is 2. The van der Waals surface area contributed by atoms with E-state index in [1.807, 2.05) is 60.7 Å². The van der Waals surface area contributed by atoms with E-state index < -0.39 is 11.9 Å². The zero-order valence-corrected chi connectivity index (χ0v) is 19.2. The molecule has 0 unspecified atom stereocenters. The molecule has 0 heterocycles. The Morgan fingerprint density at radius 3 is 1.48 bits per heavy atom. The number of carbonyl (C=O) groups is 2. The smallest absolute Gasteiger partial charge is 0.338 e. The van der Waals surface area contributed by atoms with Gasteiger partial charge < -0.3 is 9.47 Å². The first-order valence-corrected chi connectivity index (χ1v) is 11.1. The molecule has 0 radical (unpaired) electrons. The summed E-state index contributed by atoms with van der Waals surface area (Å²) in [6.45, 7) is 10.5. The van der Waals surface area contributed by atoms with E-state index in [9.17, 15) is 9.59 Å². The SMILES string of the molecule is C=C(C)C(=O)Oc1ccc2cccc(Sc3cccc4ccc(OC(=O)C(=C)C)cc34)c2c1. The van der Waals surface area contributed by atoms with Crippen LogP contribution in [-0.2, 0) is 9.59 Å². The van der Waals surface area contributed by atoms with Gasteiger partial charge in [0.15, 0.2) is 0 Å². The number of fused-ring (bicyclic) bond motifs is 2. The average Bonchev–Trinajstić information content (AvgIpc) is 2.79. The second-order valence-electron chi connectivity index (χ2n) is 7.72. The van der Waals surface area contributed by atoms with Gasteiger partial charge in [0.2, 0.25) is 0 Å². The second kappa shape index (κ2) is 9.35. The fourth-order valence-electron chi connectivity index (χ4n) is 3.26. The molecule has 4 rings (SSSR count). The van der Waals surface area contributed by atoms with Crippen molar-refractivity contribution < 1.29 is 19.1 Å². The third kappa shape index (κ3) is 4.99. The molecule has 164 valence electrons. The molecular formula is C28H22O4S. The van der Waals surface area contributed by atoms with E-state index in [0.29, 0.717) is 22.6 Å². The summed E-state index contributed by atoms with van der Waals surface area (Å²) in [7, 11) is 0. The van der Waals surface area contributed by atoms with Crippen LogP contribution >= 0.6 is 11.8 Å². The molecule has 0 bridgehead atoms. The largest absolute Gasteiger partial charge is 0.423 e. The van der Waals surface area contributed by atoms with Gasteiger partial charge in [0, 0.05) is 20.9 Å². The Labute approximate surface area is 196 Å². The Kier molecular flexibility index (Phi) is 6.33.